The molecule has 1 aromatic rings. The maximum Gasteiger partial charge on any atom is 0.308 e. The standard InChI is InChI=1S/C27H43NO4/c1-5-27(6-2)23-18-22(29)13-12-20(23)17-24(31-3)25(27)28-15-14-21(26(30)32-4)16-19-10-8-7-9-11-19/h12-13,18-19,21,24-25,28-29H,5-11,14-17H2,1-4H3/t21-,24-,25-/m1/s1. The Balaban J connectivity index is 1.75. The zero-order valence-electron chi connectivity index (χ0n) is 20.5. The molecule has 0 saturated heterocycles. The number of hydrogen-bond donors (Lipinski definition) is 2. The van der Waals surface area contributed by atoms with Gasteiger partial charge in [-0.1, -0.05) is 52.0 Å². The molecule has 0 aliphatic heterocycles. The number of phenols is 1. The normalized spacial score (nSPS) is 24.0. The monoisotopic (exact) mass is 445 g/mol. The van der Waals surface area contributed by atoms with E-state index in [1.165, 1.54) is 50.3 Å². The minimum atomic E-state index is -0.114. The van der Waals surface area contributed by atoms with Gasteiger partial charge in [-0.15, -0.1) is 0 Å². The van der Waals surface area contributed by atoms with Crippen LogP contribution in [0, 0.1) is 11.8 Å². The molecule has 1 saturated carbocycles. The summed E-state index contributed by atoms with van der Waals surface area (Å²) < 4.78 is 11.1. The van der Waals surface area contributed by atoms with Gasteiger partial charge in [-0.3, -0.25) is 4.79 Å². The summed E-state index contributed by atoms with van der Waals surface area (Å²) in [7, 11) is 3.30. The van der Waals surface area contributed by atoms with Gasteiger partial charge in [0.2, 0.25) is 0 Å². The lowest BCUT2D eigenvalue weighted by atomic mass is 9.62. The Labute approximate surface area is 194 Å². The average Bonchev–Trinajstić information content (AvgIpc) is 2.83. The maximum absolute atomic E-state index is 12.5. The van der Waals surface area contributed by atoms with Crippen molar-refractivity contribution < 1.29 is 19.4 Å². The highest BCUT2D eigenvalue weighted by molar-refractivity contribution is 5.72. The topological polar surface area (TPSA) is 67.8 Å². The van der Waals surface area contributed by atoms with Crippen molar-refractivity contribution in [1.29, 1.82) is 0 Å². The summed E-state index contributed by atoms with van der Waals surface area (Å²) in [6.07, 6.45) is 10.9. The number of fused-ring (bicyclic) bond motifs is 1. The molecule has 1 aromatic carbocycles. The lowest BCUT2D eigenvalue weighted by Crippen LogP contribution is -2.59. The third kappa shape index (κ3) is 5.31. The number of benzene rings is 1. The van der Waals surface area contributed by atoms with Crippen molar-refractivity contribution in [2.24, 2.45) is 11.8 Å². The van der Waals surface area contributed by atoms with Crippen molar-refractivity contribution in [2.45, 2.75) is 95.6 Å². The lowest BCUT2D eigenvalue weighted by Gasteiger charge is -2.49. The molecule has 2 N–H and O–H groups in total. The molecule has 3 rings (SSSR count). The first kappa shape index (κ1) is 25.0. The molecule has 0 heterocycles. The molecule has 2 aliphatic carbocycles. The molecule has 5 heteroatoms. The summed E-state index contributed by atoms with van der Waals surface area (Å²) in [5.74, 6) is 0.850. The predicted molar refractivity (Wildman–Crippen MR) is 128 cm³/mol. The van der Waals surface area contributed by atoms with Crippen molar-refractivity contribution >= 4 is 5.97 Å². The van der Waals surface area contributed by atoms with Gasteiger partial charge in [-0.25, -0.2) is 0 Å². The highest BCUT2D eigenvalue weighted by Gasteiger charge is 2.46. The largest absolute Gasteiger partial charge is 0.508 e. The molecular formula is C27H43NO4. The second kappa shape index (κ2) is 11.5. The molecule has 5 nitrogen and oxygen atoms in total. The number of methoxy groups -OCH3 is 2. The number of carbonyl (C=O) groups is 1. The van der Waals surface area contributed by atoms with E-state index in [0.717, 1.165) is 38.6 Å². The minimum absolute atomic E-state index is 0.0471. The Morgan fingerprint density at radius 3 is 2.53 bits per heavy atom. The van der Waals surface area contributed by atoms with Crippen LogP contribution < -0.4 is 5.32 Å². The van der Waals surface area contributed by atoms with Crippen LogP contribution in [0.4, 0.5) is 0 Å². The SMILES string of the molecule is CCC1(CC)c2cc(O)ccc2C[C@@H](OC)[C@H]1NCC[C@H](CC1CCCCC1)C(=O)OC. The highest BCUT2D eigenvalue weighted by atomic mass is 16.5. The number of hydrogen-bond acceptors (Lipinski definition) is 5. The Morgan fingerprint density at radius 1 is 1.19 bits per heavy atom. The van der Waals surface area contributed by atoms with Gasteiger partial charge in [0.15, 0.2) is 0 Å². The predicted octanol–water partition coefficient (Wildman–Crippen LogP) is 5.13. The summed E-state index contributed by atoms with van der Waals surface area (Å²) in [6.45, 7) is 5.21. The molecular weight excluding hydrogens is 402 g/mol. The number of phenolic OH excluding ortho intramolecular Hbond substituents is 1. The van der Waals surface area contributed by atoms with E-state index in [2.05, 4.69) is 19.2 Å². The number of ether oxygens (including phenoxy) is 2. The van der Waals surface area contributed by atoms with Gasteiger partial charge in [0.25, 0.3) is 0 Å². The zero-order valence-corrected chi connectivity index (χ0v) is 20.5. The number of carbonyl (C=O) groups excluding carboxylic acids is 1. The first-order valence-electron chi connectivity index (χ1n) is 12.6. The average molecular weight is 446 g/mol. The molecule has 0 aromatic heterocycles. The van der Waals surface area contributed by atoms with Crippen molar-refractivity contribution in [3.05, 3.63) is 29.3 Å². The van der Waals surface area contributed by atoms with Gasteiger partial charge >= 0.3 is 5.97 Å². The van der Waals surface area contributed by atoms with Gasteiger partial charge in [0.1, 0.15) is 5.75 Å². The Morgan fingerprint density at radius 2 is 1.91 bits per heavy atom. The Kier molecular flexibility index (Phi) is 9.01. The smallest absolute Gasteiger partial charge is 0.308 e. The van der Waals surface area contributed by atoms with Gasteiger partial charge in [0, 0.05) is 25.0 Å². The van der Waals surface area contributed by atoms with Crippen LogP contribution in [0.3, 0.4) is 0 Å². The summed E-state index contributed by atoms with van der Waals surface area (Å²) in [4.78, 5) is 12.5. The van der Waals surface area contributed by atoms with E-state index < -0.39 is 0 Å². The minimum Gasteiger partial charge on any atom is -0.508 e. The summed E-state index contributed by atoms with van der Waals surface area (Å²) in [5.41, 5.74) is 2.39. The third-order valence-electron chi connectivity index (χ3n) is 8.32. The summed E-state index contributed by atoms with van der Waals surface area (Å²) in [5, 5.41) is 14.0. The van der Waals surface area contributed by atoms with Gasteiger partial charge in [-0.05, 0) is 61.4 Å². The maximum atomic E-state index is 12.5. The Hall–Kier alpha value is -1.59. The molecule has 0 bridgehead atoms. The number of nitrogens with one attached hydrogen (secondary N) is 1. The number of rotatable bonds is 10. The third-order valence-corrected chi connectivity index (χ3v) is 8.32. The van der Waals surface area contributed by atoms with E-state index in [1.807, 2.05) is 12.1 Å². The van der Waals surface area contributed by atoms with Gasteiger partial charge < -0.3 is 19.9 Å². The molecule has 0 unspecified atom stereocenters. The Bertz CT molecular complexity index is 739. The van der Waals surface area contributed by atoms with Gasteiger partial charge in [0.05, 0.1) is 19.1 Å². The van der Waals surface area contributed by atoms with Crippen molar-refractivity contribution in [2.75, 3.05) is 20.8 Å². The molecule has 0 spiro atoms. The van der Waals surface area contributed by atoms with E-state index in [0.29, 0.717) is 11.7 Å². The first-order chi connectivity index (χ1) is 15.5. The van der Waals surface area contributed by atoms with Crippen LogP contribution in [0.1, 0.15) is 82.8 Å². The fourth-order valence-corrected chi connectivity index (χ4v) is 6.42. The van der Waals surface area contributed by atoms with Gasteiger partial charge in [-0.2, -0.15) is 0 Å². The zero-order chi connectivity index (χ0) is 23.1. The molecule has 3 atom stereocenters. The van der Waals surface area contributed by atoms with Crippen LogP contribution in [0.15, 0.2) is 18.2 Å². The summed E-state index contributed by atoms with van der Waals surface area (Å²) >= 11 is 0. The molecule has 0 amide bonds. The second-order valence-electron chi connectivity index (χ2n) is 9.86. The van der Waals surface area contributed by atoms with E-state index in [-0.39, 0.29) is 29.4 Å². The van der Waals surface area contributed by atoms with Crippen molar-refractivity contribution in [3.8, 4) is 5.75 Å². The van der Waals surface area contributed by atoms with E-state index in [1.54, 1.807) is 13.2 Å². The van der Waals surface area contributed by atoms with Crippen molar-refractivity contribution in [3.63, 3.8) is 0 Å². The fourth-order valence-electron chi connectivity index (χ4n) is 6.42. The number of aromatic hydroxyl groups is 1. The summed E-state index contributed by atoms with van der Waals surface area (Å²) in [6, 6.07) is 5.90. The second-order valence-corrected chi connectivity index (χ2v) is 9.86. The van der Waals surface area contributed by atoms with Crippen LogP contribution in [-0.4, -0.2) is 44.0 Å². The van der Waals surface area contributed by atoms with Crippen LogP contribution in [0.5, 0.6) is 5.75 Å². The van der Waals surface area contributed by atoms with E-state index in [9.17, 15) is 9.90 Å². The van der Waals surface area contributed by atoms with Crippen LogP contribution in [-0.2, 0) is 26.1 Å². The molecule has 1 fully saturated rings. The first-order valence-corrected chi connectivity index (χ1v) is 12.6. The van der Waals surface area contributed by atoms with Crippen LogP contribution >= 0.6 is 0 Å². The van der Waals surface area contributed by atoms with Crippen molar-refractivity contribution in [1.82, 2.24) is 5.32 Å². The molecule has 0 radical (unpaired) electrons. The molecule has 32 heavy (non-hydrogen) atoms. The van der Waals surface area contributed by atoms with Crippen LogP contribution in [0.25, 0.3) is 0 Å². The number of esters is 1. The van der Waals surface area contributed by atoms with E-state index in [4.69, 9.17) is 9.47 Å². The molecule has 180 valence electrons. The molecule has 2 aliphatic rings. The van der Waals surface area contributed by atoms with Crippen LogP contribution in [0.2, 0.25) is 0 Å². The fraction of sp³-hybridized carbons (Fsp3) is 0.741. The van der Waals surface area contributed by atoms with E-state index >= 15 is 0 Å². The lowest BCUT2D eigenvalue weighted by molar-refractivity contribution is -0.146. The quantitative estimate of drug-likeness (QED) is 0.489. The highest BCUT2D eigenvalue weighted by Crippen LogP contribution is 2.44.